The summed E-state index contributed by atoms with van der Waals surface area (Å²) in [6, 6.07) is 0. The minimum atomic E-state index is -4.28. The summed E-state index contributed by atoms with van der Waals surface area (Å²) in [5, 5.41) is 9.60. The topological polar surface area (TPSA) is 58.6 Å². The highest BCUT2D eigenvalue weighted by Gasteiger charge is 2.40. The molecule has 0 saturated heterocycles. The first-order valence-corrected chi connectivity index (χ1v) is 3.57. The summed E-state index contributed by atoms with van der Waals surface area (Å²) in [6.45, 7) is -2.36. The minimum Gasteiger partial charge on any atom is -0.447 e. The van der Waals surface area contributed by atoms with Crippen molar-refractivity contribution in [2.75, 3.05) is 19.8 Å². The average Bonchev–Trinajstić information content (AvgIpc) is 2.11. The third kappa shape index (κ3) is 4.85. The largest absolute Gasteiger partial charge is 0.447 e. The van der Waals surface area contributed by atoms with Crippen LogP contribution in [0.25, 0.3) is 0 Å². The standard InChI is InChI=1S/C6H9F4NO3/c7-4(8)6(9,10)3-11-5(13)14-2-1-12/h4,12H,1-3H2,(H,11,13). The molecule has 0 saturated carbocycles. The lowest BCUT2D eigenvalue weighted by Gasteiger charge is -2.15. The Hall–Kier alpha value is -1.05. The van der Waals surface area contributed by atoms with Crippen molar-refractivity contribution in [1.29, 1.82) is 0 Å². The molecule has 14 heavy (non-hydrogen) atoms. The predicted octanol–water partition coefficient (Wildman–Crippen LogP) is 0.605. The number of hydrogen-bond donors (Lipinski definition) is 2. The molecule has 1 amide bonds. The number of halogens is 4. The van der Waals surface area contributed by atoms with Crippen LogP contribution in [0, 0.1) is 0 Å². The Balaban J connectivity index is 3.76. The summed E-state index contributed by atoms with van der Waals surface area (Å²) >= 11 is 0. The fourth-order valence-electron chi connectivity index (χ4n) is 0.457. The lowest BCUT2D eigenvalue weighted by atomic mass is 10.3. The fourth-order valence-corrected chi connectivity index (χ4v) is 0.457. The van der Waals surface area contributed by atoms with E-state index in [-0.39, 0.29) is 6.61 Å². The van der Waals surface area contributed by atoms with Crippen LogP contribution in [0.3, 0.4) is 0 Å². The van der Waals surface area contributed by atoms with Crippen molar-refractivity contribution in [3.05, 3.63) is 0 Å². The predicted molar refractivity (Wildman–Crippen MR) is 37.4 cm³/mol. The monoisotopic (exact) mass is 219 g/mol. The van der Waals surface area contributed by atoms with Crippen LogP contribution in [-0.2, 0) is 4.74 Å². The molecule has 0 aromatic rings. The van der Waals surface area contributed by atoms with Gasteiger partial charge in [0.25, 0.3) is 0 Å². The number of rotatable bonds is 5. The highest BCUT2D eigenvalue weighted by molar-refractivity contribution is 5.67. The molecule has 0 unspecified atom stereocenters. The molecule has 2 N–H and O–H groups in total. The van der Waals surface area contributed by atoms with Crippen LogP contribution in [0.1, 0.15) is 0 Å². The first-order valence-electron chi connectivity index (χ1n) is 3.57. The van der Waals surface area contributed by atoms with Gasteiger partial charge in [0.1, 0.15) is 6.61 Å². The van der Waals surface area contributed by atoms with Gasteiger partial charge < -0.3 is 15.2 Å². The normalized spacial score (nSPS) is 11.6. The number of ether oxygens (including phenoxy) is 1. The van der Waals surface area contributed by atoms with Crippen LogP contribution < -0.4 is 5.32 Å². The summed E-state index contributed by atoms with van der Waals surface area (Å²) < 4.78 is 51.5. The first kappa shape index (κ1) is 12.9. The Morgan fingerprint density at radius 3 is 2.50 bits per heavy atom. The molecule has 0 aromatic heterocycles. The molecular formula is C6H9F4NO3. The van der Waals surface area contributed by atoms with Gasteiger partial charge in [0, 0.05) is 0 Å². The van der Waals surface area contributed by atoms with Gasteiger partial charge in [-0.3, -0.25) is 0 Å². The maximum absolute atomic E-state index is 12.2. The maximum atomic E-state index is 12.2. The molecule has 0 fully saturated rings. The van der Waals surface area contributed by atoms with Gasteiger partial charge in [-0.05, 0) is 0 Å². The smallest absolute Gasteiger partial charge is 0.407 e. The van der Waals surface area contributed by atoms with Crippen molar-refractivity contribution >= 4 is 6.09 Å². The Labute approximate surface area is 76.8 Å². The summed E-state index contributed by atoms with van der Waals surface area (Å²) in [6.07, 6.45) is -5.12. The summed E-state index contributed by atoms with van der Waals surface area (Å²) in [4.78, 5) is 10.4. The van der Waals surface area contributed by atoms with Crippen molar-refractivity contribution in [2.24, 2.45) is 0 Å². The fraction of sp³-hybridized carbons (Fsp3) is 0.833. The maximum Gasteiger partial charge on any atom is 0.407 e. The van der Waals surface area contributed by atoms with Crippen molar-refractivity contribution in [3.8, 4) is 0 Å². The molecule has 0 aliphatic rings. The molecule has 4 nitrogen and oxygen atoms in total. The van der Waals surface area contributed by atoms with E-state index in [9.17, 15) is 22.4 Å². The van der Waals surface area contributed by atoms with Crippen LogP contribution in [0.5, 0.6) is 0 Å². The van der Waals surface area contributed by atoms with E-state index in [4.69, 9.17) is 5.11 Å². The van der Waals surface area contributed by atoms with Crippen molar-refractivity contribution in [3.63, 3.8) is 0 Å². The zero-order chi connectivity index (χ0) is 11.2. The number of nitrogens with one attached hydrogen (secondary N) is 1. The number of carbonyl (C=O) groups is 1. The molecule has 0 spiro atoms. The molecule has 0 atom stereocenters. The zero-order valence-corrected chi connectivity index (χ0v) is 6.97. The van der Waals surface area contributed by atoms with E-state index in [1.807, 2.05) is 0 Å². The van der Waals surface area contributed by atoms with E-state index in [0.29, 0.717) is 0 Å². The second kappa shape index (κ2) is 5.63. The molecule has 0 aliphatic heterocycles. The summed E-state index contributed by atoms with van der Waals surface area (Å²) in [7, 11) is 0. The highest BCUT2D eigenvalue weighted by Crippen LogP contribution is 2.21. The van der Waals surface area contributed by atoms with E-state index >= 15 is 0 Å². The van der Waals surface area contributed by atoms with Crippen LogP contribution in [-0.4, -0.2) is 43.3 Å². The second-order valence-corrected chi connectivity index (χ2v) is 2.27. The molecule has 84 valence electrons. The van der Waals surface area contributed by atoms with Crippen LogP contribution in [0.2, 0.25) is 0 Å². The highest BCUT2D eigenvalue weighted by atomic mass is 19.3. The number of hydrogen-bond acceptors (Lipinski definition) is 3. The van der Waals surface area contributed by atoms with Crippen LogP contribution in [0.15, 0.2) is 0 Å². The molecule has 0 bridgehead atoms. The molecule has 0 aliphatic carbocycles. The molecule has 0 radical (unpaired) electrons. The third-order valence-corrected chi connectivity index (χ3v) is 1.11. The third-order valence-electron chi connectivity index (χ3n) is 1.11. The van der Waals surface area contributed by atoms with Crippen LogP contribution in [0.4, 0.5) is 22.4 Å². The molecule has 0 rings (SSSR count). The minimum absolute atomic E-state index is 0.383. The Kier molecular flexibility index (Phi) is 5.21. The quantitative estimate of drug-likeness (QED) is 0.666. The molecule has 8 heteroatoms. The summed E-state index contributed by atoms with van der Waals surface area (Å²) in [5.74, 6) is -4.28. The van der Waals surface area contributed by atoms with Crippen molar-refractivity contribution < 1.29 is 32.2 Å². The lowest BCUT2D eigenvalue weighted by molar-refractivity contribution is -0.124. The zero-order valence-electron chi connectivity index (χ0n) is 6.97. The van der Waals surface area contributed by atoms with Crippen LogP contribution >= 0.6 is 0 Å². The number of carbonyl (C=O) groups excluding carboxylic acids is 1. The SMILES string of the molecule is O=C(NCC(F)(F)C(F)F)OCCO. The number of aliphatic hydroxyl groups is 1. The van der Waals surface area contributed by atoms with Gasteiger partial charge in [0.15, 0.2) is 0 Å². The second-order valence-electron chi connectivity index (χ2n) is 2.27. The molecule has 0 aromatic carbocycles. The van der Waals surface area contributed by atoms with E-state index in [1.165, 1.54) is 5.32 Å². The van der Waals surface area contributed by atoms with Crippen molar-refractivity contribution in [1.82, 2.24) is 5.32 Å². The lowest BCUT2D eigenvalue weighted by Crippen LogP contribution is -2.41. The van der Waals surface area contributed by atoms with Gasteiger partial charge in [0.2, 0.25) is 0 Å². The number of alkyl carbamates (subject to hydrolysis) is 1. The number of aliphatic hydroxyl groups excluding tert-OH is 1. The van der Waals surface area contributed by atoms with E-state index in [1.54, 1.807) is 0 Å². The Bertz CT molecular complexity index is 188. The van der Waals surface area contributed by atoms with E-state index < -0.39 is 31.6 Å². The van der Waals surface area contributed by atoms with Gasteiger partial charge in [-0.1, -0.05) is 0 Å². The first-order chi connectivity index (χ1) is 6.40. The molecular weight excluding hydrogens is 210 g/mol. The Morgan fingerprint density at radius 1 is 1.50 bits per heavy atom. The number of alkyl halides is 4. The van der Waals surface area contributed by atoms with Gasteiger partial charge in [-0.25, -0.2) is 13.6 Å². The molecule has 0 heterocycles. The van der Waals surface area contributed by atoms with Crippen molar-refractivity contribution in [2.45, 2.75) is 12.3 Å². The average molecular weight is 219 g/mol. The van der Waals surface area contributed by atoms with Gasteiger partial charge >= 0.3 is 18.4 Å². The van der Waals surface area contributed by atoms with E-state index in [0.717, 1.165) is 0 Å². The van der Waals surface area contributed by atoms with Gasteiger partial charge in [0.05, 0.1) is 13.2 Å². The van der Waals surface area contributed by atoms with E-state index in [2.05, 4.69) is 4.74 Å². The number of amides is 1. The Morgan fingerprint density at radius 2 is 2.07 bits per heavy atom. The van der Waals surface area contributed by atoms with Gasteiger partial charge in [-0.15, -0.1) is 0 Å². The summed E-state index contributed by atoms with van der Waals surface area (Å²) in [5.41, 5.74) is 0. The van der Waals surface area contributed by atoms with Gasteiger partial charge in [-0.2, -0.15) is 8.78 Å².